The topological polar surface area (TPSA) is 129 Å². The first-order valence-corrected chi connectivity index (χ1v) is 7.85. The van der Waals surface area contributed by atoms with Gasteiger partial charge in [-0.2, -0.15) is 0 Å². The van der Waals surface area contributed by atoms with E-state index in [0.29, 0.717) is 25.2 Å². The van der Waals surface area contributed by atoms with Gasteiger partial charge in [-0.25, -0.2) is 9.78 Å². The fourth-order valence-corrected chi connectivity index (χ4v) is 3.06. The van der Waals surface area contributed by atoms with Gasteiger partial charge in [0.25, 0.3) is 11.8 Å². The summed E-state index contributed by atoms with van der Waals surface area (Å²) < 4.78 is 1.59. The number of aliphatic hydroxyl groups is 1. The van der Waals surface area contributed by atoms with Crippen LogP contribution in [-0.2, 0) is 22.6 Å². The van der Waals surface area contributed by atoms with Crippen LogP contribution >= 0.6 is 0 Å². The zero-order chi connectivity index (χ0) is 17.1. The molecule has 10 nitrogen and oxygen atoms in total. The monoisotopic (exact) mass is 336 g/mol. The van der Waals surface area contributed by atoms with Crippen molar-refractivity contribution >= 4 is 17.8 Å². The first kappa shape index (κ1) is 16.2. The summed E-state index contributed by atoms with van der Waals surface area (Å²) in [4.78, 5) is 41.4. The van der Waals surface area contributed by atoms with Crippen molar-refractivity contribution in [2.45, 2.75) is 37.9 Å². The molecule has 2 bridgehead atoms. The standard InChI is InChI=1S/C14H20N6O4/c21-6-3-11-15-4-5-19(11)8-12(22)17-18-13(23)10-2-1-9-7-20(10)14(24)16-9/h4-5,9-10,21H,1-3,6-8H2,(H,16,24)(H,17,22)(H,18,23)/t9?,10-/m0/s1. The molecule has 2 saturated heterocycles. The van der Waals surface area contributed by atoms with E-state index in [2.05, 4.69) is 21.2 Å². The van der Waals surface area contributed by atoms with Gasteiger partial charge >= 0.3 is 6.03 Å². The summed E-state index contributed by atoms with van der Waals surface area (Å²) in [5, 5.41) is 11.7. The van der Waals surface area contributed by atoms with Crippen molar-refractivity contribution in [1.82, 2.24) is 30.6 Å². The maximum atomic E-state index is 12.2. The van der Waals surface area contributed by atoms with Crippen LogP contribution in [0.3, 0.4) is 0 Å². The summed E-state index contributed by atoms with van der Waals surface area (Å²) in [6.45, 7) is 0.437. The van der Waals surface area contributed by atoms with E-state index in [1.165, 1.54) is 4.90 Å². The fraction of sp³-hybridized carbons (Fsp3) is 0.571. The summed E-state index contributed by atoms with van der Waals surface area (Å²) in [6.07, 6.45) is 4.82. The first-order valence-electron chi connectivity index (χ1n) is 7.85. The molecule has 1 aromatic rings. The molecule has 24 heavy (non-hydrogen) atoms. The Bertz CT molecular complexity index is 645. The molecule has 2 fully saturated rings. The highest BCUT2D eigenvalue weighted by Crippen LogP contribution is 2.22. The molecular formula is C14H20N6O4. The van der Waals surface area contributed by atoms with Crippen LogP contribution in [-0.4, -0.2) is 62.6 Å². The first-order chi connectivity index (χ1) is 11.6. The zero-order valence-corrected chi connectivity index (χ0v) is 13.1. The van der Waals surface area contributed by atoms with E-state index in [4.69, 9.17) is 5.11 Å². The lowest BCUT2D eigenvalue weighted by atomic mass is 10.0. The molecule has 1 unspecified atom stereocenters. The van der Waals surface area contributed by atoms with Crippen LogP contribution in [0.5, 0.6) is 0 Å². The molecule has 2 aliphatic rings. The van der Waals surface area contributed by atoms with Crippen molar-refractivity contribution in [3.05, 3.63) is 18.2 Å². The number of carbonyl (C=O) groups excluding carboxylic acids is 3. The lowest BCUT2D eigenvalue weighted by Crippen LogP contribution is -2.54. The number of piperidine rings is 1. The molecule has 3 heterocycles. The van der Waals surface area contributed by atoms with Gasteiger partial charge in [0, 0.05) is 31.4 Å². The third-order valence-corrected chi connectivity index (χ3v) is 4.25. The Morgan fingerprint density at radius 2 is 2.21 bits per heavy atom. The molecule has 130 valence electrons. The molecule has 10 heteroatoms. The van der Waals surface area contributed by atoms with E-state index in [1.54, 1.807) is 17.0 Å². The van der Waals surface area contributed by atoms with E-state index < -0.39 is 17.9 Å². The number of nitrogens with zero attached hydrogens (tertiary/aromatic N) is 3. The number of fused-ring (bicyclic) bond motifs is 2. The van der Waals surface area contributed by atoms with Gasteiger partial charge in [0.2, 0.25) is 0 Å². The van der Waals surface area contributed by atoms with Gasteiger partial charge in [0.15, 0.2) is 0 Å². The number of nitrogens with one attached hydrogen (secondary N) is 3. The molecule has 0 aliphatic carbocycles. The van der Waals surface area contributed by atoms with Gasteiger partial charge in [0.1, 0.15) is 18.4 Å². The summed E-state index contributed by atoms with van der Waals surface area (Å²) in [5.41, 5.74) is 4.73. The summed E-state index contributed by atoms with van der Waals surface area (Å²) in [6, 6.07) is -0.694. The summed E-state index contributed by atoms with van der Waals surface area (Å²) >= 11 is 0. The molecule has 0 aromatic carbocycles. The van der Waals surface area contributed by atoms with Crippen molar-refractivity contribution in [3.8, 4) is 0 Å². The minimum Gasteiger partial charge on any atom is -0.396 e. The molecule has 2 atom stereocenters. The van der Waals surface area contributed by atoms with Crippen LogP contribution < -0.4 is 16.2 Å². The number of hydrazine groups is 1. The van der Waals surface area contributed by atoms with E-state index in [9.17, 15) is 14.4 Å². The van der Waals surface area contributed by atoms with Gasteiger partial charge in [-0.05, 0) is 12.8 Å². The molecular weight excluding hydrogens is 316 g/mol. The predicted molar refractivity (Wildman–Crippen MR) is 81.3 cm³/mol. The Balaban J connectivity index is 1.50. The van der Waals surface area contributed by atoms with Gasteiger partial charge in [-0.3, -0.25) is 20.4 Å². The maximum Gasteiger partial charge on any atom is 0.318 e. The number of hydrogen-bond donors (Lipinski definition) is 4. The second-order valence-corrected chi connectivity index (χ2v) is 5.87. The summed E-state index contributed by atoms with van der Waals surface area (Å²) in [5.74, 6) is -0.230. The van der Waals surface area contributed by atoms with Gasteiger partial charge in [-0.15, -0.1) is 0 Å². The number of hydrogen-bond acceptors (Lipinski definition) is 5. The minimum atomic E-state index is -0.567. The SMILES string of the molecule is O=C(Cn1ccnc1CCO)NNC(=O)[C@@H]1CCC2CN1C(=O)N2. The van der Waals surface area contributed by atoms with Crippen LogP contribution in [0.25, 0.3) is 0 Å². The lowest BCUT2D eigenvalue weighted by molar-refractivity contribution is -0.132. The maximum absolute atomic E-state index is 12.2. The minimum absolute atomic E-state index is 0.0213. The Labute approximate surface area is 138 Å². The number of carbonyl (C=O) groups is 3. The number of aromatic nitrogens is 2. The van der Waals surface area contributed by atoms with Crippen LogP contribution in [0, 0.1) is 0 Å². The number of aliphatic hydroxyl groups excluding tert-OH is 1. The normalized spacial score (nSPS) is 22.2. The van der Waals surface area contributed by atoms with Crippen molar-refractivity contribution in [2.75, 3.05) is 13.2 Å². The van der Waals surface area contributed by atoms with E-state index >= 15 is 0 Å². The van der Waals surface area contributed by atoms with Crippen LogP contribution in [0.15, 0.2) is 12.4 Å². The van der Waals surface area contributed by atoms with E-state index in [-0.39, 0.29) is 25.2 Å². The Morgan fingerprint density at radius 3 is 3.00 bits per heavy atom. The van der Waals surface area contributed by atoms with Crippen molar-refractivity contribution in [1.29, 1.82) is 0 Å². The molecule has 0 spiro atoms. The molecule has 1 aromatic heterocycles. The average molecular weight is 336 g/mol. The molecule has 2 aliphatic heterocycles. The molecule has 4 N–H and O–H groups in total. The fourth-order valence-electron chi connectivity index (χ4n) is 3.06. The van der Waals surface area contributed by atoms with Gasteiger partial charge in [0.05, 0.1) is 6.61 Å². The highest BCUT2D eigenvalue weighted by Gasteiger charge is 2.41. The van der Waals surface area contributed by atoms with E-state index in [0.717, 1.165) is 6.42 Å². The zero-order valence-electron chi connectivity index (χ0n) is 13.1. The Hall–Kier alpha value is -2.62. The predicted octanol–water partition coefficient (Wildman–Crippen LogP) is -1.88. The largest absolute Gasteiger partial charge is 0.396 e. The number of amides is 4. The Morgan fingerprint density at radius 1 is 1.38 bits per heavy atom. The average Bonchev–Trinajstić information content (AvgIpc) is 3.11. The molecule has 4 amide bonds. The molecule has 0 saturated carbocycles. The third-order valence-electron chi connectivity index (χ3n) is 4.25. The Kier molecular flexibility index (Phi) is 4.65. The van der Waals surface area contributed by atoms with Gasteiger partial charge < -0.3 is 19.9 Å². The van der Waals surface area contributed by atoms with Crippen molar-refractivity contribution < 1.29 is 19.5 Å². The summed E-state index contributed by atoms with van der Waals surface area (Å²) in [7, 11) is 0. The van der Waals surface area contributed by atoms with Gasteiger partial charge in [-0.1, -0.05) is 0 Å². The lowest BCUT2D eigenvalue weighted by Gasteiger charge is -2.29. The second-order valence-electron chi connectivity index (χ2n) is 5.87. The molecule has 0 radical (unpaired) electrons. The van der Waals surface area contributed by atoms with Crippen LogP contribution in [0.4, 0.5) is 4.79 Å². The highest BCUT2D eigenvalue weighted by atomic mass is 16.3. The van der Waals surface area contributed by atoms with E-state index in [1.807, 2.05) is 0 Å². The van der Waals surface area contributed by atoms with Crippen LogP contribution in [0.1, 0.15) is 18.7 Å². The third kappa shape index (κ3) is 3.32. The van der Waals surface area contributed by atoms with Crippen molar-refractivity contribution in [3.63, 3.8) is 0 Å². The smallest absolute Gasteiger partial charge is 0.318 e. The quantitative estimate of drug-likeness (QED) is 0.468. The highest BCUT2D eigenvalue weighted by molar-refractivity contribution is 5.90. The number of imidazole rings is 1. The van der Waals surface area contributed by atoms with Crippen LogP contribution in [0.2, 0.25) is 0 Å². The number of urea groups is 1. The molecule has 3 rings (SSSR count). The van der Waals surface area contributed by atoms with Crippen molar-refractivity contribution in [2.24, 2.45) is 0 Å². The second kappa shape index (κ2) is 6.87. The number of rotatable bonds is 5.